The first-order valence-electron chi connectivity index (χ1n) is 7.85. The number of carbonyl (C=O) groups is 2. The minimum Gasteiger partial charge on any atom is -0.461 e. The molecule has 2 aromatic heterocycles. The van der Waals surface area contributed by atoms with E-state index in [1.807, 2.05) is 30.3 Å². The molecule has 0 radical (unpaired) electrons. The zero-order chi connectivity index (χ0) is 18.4. The summed E-state index contributed by atoms with van der Waals surface area (Å²) >= 11 is 2.77. The number of esters is 1. The highest BCUT2D eigenvalue weighted by Gasteiger charge is 2.18. The molecule has 0 atom stereocenters. The Hall–Kier alpha value is -2.58. The number of anilines is 1. The molecule has 1 N–H and O–H groups in total. The second-order valence-electron chi connectivity index (χ2n) is 5.09. The van der Waals surface area contributed by atoms with Gasteiger partial charge in [0.25, 0.3) is 5.91 Å². The molecular weight excluding hydrogens is 372 g/mol. The highest BCUT2D eigenvalue weighted by molar-refractivity contribution is 7.98. The van der Waals surface area contributed by atoms with Crippen LogP contribution in [0, 0.1) is 0 Å². The van der Waals surface area contributed by atoms with Gasteiger partial charge in [-0.25, -0.2) is 9.78 Å². The Kier molecular flexibility index (Phi) is 6.08. The van der Waals surface area contributed by atoms with Crippen LogP contribution in [-0.2, 0) is 10.5 Å². The van der Waals surface area contributed by atoms with Crippen molar-refractivity contribution in [3.63, 3.8) is 0 Å². The van der Waals surface area contributed by atoms with Gasteiger partial charge in [0.1, 0.15) is 0 Å². The first-order valence-corrected chi connectivity index (χ1v) is 9.72. The summed E-state index contributed by atoms with van der Waals surface area (Å²) in [6.07, 6.45) is 1.49. The maximum atomic E-state index is 12.4. The van der Waals surface area contributed by atoms with Crippen molar-refractivity contribution in [2.75, 3.05) is 11.9 Å². The summed E-state index contributed by atoms with van der Waals surface area (Å²) < 4.78 is 10.2. The minimum atomic E-state index is -0.512. The van der Waals surface area contributed by atoms with Crippen molar-refractivity contribution in [2.24, 2.45) is 0 Å². The van der Waals surface area contributed by atoms with Gasteiger partial charge in [0.05, 0.1) is 12.9 Å². The predicted molar refractivity (Wildman–Crippen MR) is 101 cm³/mol. The number of hydrogen-bond acceptors (Lipinski definition) is 7. The number of benzene rings is 1. The van der Waals surface area contributed by atoms with Gasteiger partial charge in [-0.3, -0.25) is 10.1 Å². The van der Waals surface area contributed by atoms with Crippen LogP contribution in [0.1, 0.15) is 33.5 Å². The largest absolute Gasteiger partial charge is 0.461 e. The van der Waals surface area contributed by atoms with Crippen molar-refractivity contribution in [3.05, 3.63) is 65.1 Å². The van der Waals surface area contributed by atoms with Crippen LogP contribution in [0.5, 0.6) is 0 Å². The molecule has 0 unspecified atom stereocenters. The highest BCUT2D eigenvalue weighted by Crippen LogP contribution is 2.26. The smallest absolute Gasteiger partial charge is 0.357 e. The van der Waals surface area contributed by atoms with Gasteiger partial charge in [-0.15, -0.1) is 23.1 Å². The lowest BCUT2D eigenvalue weighted by atomic mass is 10.3. The fourth-order valence-electron chi connectivity index (χ4n) is 2.11. The fraction of sp³-hybridized carbons (Fsp3) is 0.167. The van der Waals surface area contributed by atoms with Gasteiger partial charge in [-0.2, -0.15) is 0 Å². The number of amides is 1. The third-order valence-electron chi connectivity index (χ3n) is 3.30. The summed E-state index contributed by atoms with van der Waals surface area (Å²) in [5, 5.41) is 4.52. The van der Waals surface area contributed by atoms with E-state index in [4.69, 9.17) is 9.15 Å². The number of carbonyl (C=O) groups excluding carboxylic acids is 2. The van der Waals surface area contributed by atoms with Crippen LogP contribution >= 0.6 is 23.1 Å². The third-order valence-corrected chi connectivity index (χ3v) is 5.12. The number of nitrogens with zero attached hydrogens (tertiary/aromatic N) is 1. The lowest BCUT2D eigenvalue weighted by molar-refractivity contribution is 0.0520. The summed E-state index contributed by atoms with van der Waals surface area (Å²) in [6.45, 7) is 1.99. The molecule has 134 valence electrons. The quantitative estimate of drug-likeness (QED) is 0.475. The lowest BCUT2D eigenvalue weighted by Crippen LogP contribution is -2.13. The summed E-state index contributed by atoms with van der Waals surface area (Å²) in [7, 11) is 0. The minimum absolute atomic E-state index is 0.173. The number of thioether (sulfide) groups is 1. The highest BCUT2D eigenvalue weighted by atomic mass is 32.2. The van der Waals surface area contributed by atoms with E-state index in [0.29, 0.717) is 10.9 Å². The van der Waals surface area contributed by atoms with E-state index >= 15 is 0 Å². The molecule has 1 amide bonds. The van der Waals surface area contributed by atoms with Gasteiger partial charge in [-0.05, 0) is 25.1 Å². The van der Waals surface area contributed by atoms with E-state index in [0.717, 1.165) is 21.8 Å². The average molecular weight is 388 g/mol. The lowest BCUT2D eigenvalue weighted by Gasteiger charge is -2.03. The summed E-state index contributed by atoms with van der Waals surface area (Å²) in [6, 6.07) is 11.7. The predicted octanol–water partition coefficient (Wildman–Crippen LogP) is 4.46. The number of nitrogens with one attached hydrogen (secondary N) is 1. The number of furan rings is 1. The molecule has 6 nitrogen and oxygen atoms in total. The molecule has 0 saturated heterocycles. The fourth-order valence-corrected chi connectivity index (χ4v) is 3.68. The molecule has 0 spiro atoms. The van der Waals surface area contributed by atoms with Crippen molar-refractivity contribution < 1.29 is 18.7 Å². The molecule has 0 aliphatic heterocycles. The van der Waals surface area contributed by atoms with Gasteiger partial charge >= 0.3 is 5.97 Å². The Labute approximate surface area is 158 Å². The Morgan fingerprint density at radius 1 is 1.27 bits per heavy atom. The van der Waals surface area contributed by atoms with Gasteiger partial charge in [0.15, 0.2) is 16.6 Å². The van der Waals surface area contributed by atoms with Gasteiger partial charge in [0, 0.05) is 21.6 Å². The van der Waals surface area contributed by atoms with Crippen LogP contribution in [0.25, 0.3) is 0 Å². The molecule has 8 heteroatoms. The van der Waals surface area contributed by atoms with E-state index in [-0.39, 0.29) is 18.1 Å². The van der Waals surface area contributed by atoms with Crippen LogP contribution in [0.2, 0.25) is 0 Å². The summed E-state index contributed by atoms with van der Waals surface area (Å²) in [5.74, 6) is -0.0678. The molecule has 0 aliphatic rings. The molecule has 1 aromatic carbocycles. The van der Waals surface area contributed by atoms with E-state index in [1.165, 1.54) is 6.26 Å². The number of ether oxygens (including phenoxy) is 1. The Balaban J connectivity index is 1.64. The van der Waals surface area contributed by atoms with Gasteiger partial charge in [-0.1, -0.05) is 18.2 Å². The van der Waals surface area contributed by atoms with Crippen molar-refractivity contribution in [1.82, 2.24) is 4.98 Å². The second kappa shape index (κ2) is 8.68. The van der Waals surface area contributed by atoms with Crippen LogP contribution in [0.3, 0.4) is 0 Å². The zero-order valence-electron chi connectivity index (χ0n) is 13.9. The Morgan fingerprint density at radius 2 is 2.08 bits per heavy atom. The molecule has 3 rings (SSSR count). The van der Waals surface area contributed by atoms with Crippen molar-refractivity contribution in [2.45, 2.75) is 17.6 Å². The molecule has 26 heavy (non-hydrogen) atoms. The molecular formula is C18H16N2O4S2. The summed E-state index contributed by atoms with van der Waals surface area (Å²) in [4.78, 5) is 29.3. The summed E-state index contributed by atoms with van der Waals surface area (Å²) in [5.41, 5.74) is 0.963. The second-order valence-corrected chi connectivity index (χ2v) is 7.00. The number of aromatic nitrogens is 1. The zero-order valence-corrected chi connectivity index (χ0v) is 15.6. The normalized spacial score (nSPS) is 10.5. The van der Waals surface area contributed by atoms with E-state index in [1.54, 1.807) is 30.1 Å². The number of thiazole rings is 1. The van der Waals surface area contributed by atoms with Crippen LogP contribution in [0.4, 0.5) is 5.13 Å². The Morgan fingerprint density at radius 3 is 2.85 bits per heavy atom. The van der Waals surface area contributed by atoms with Crippen molar-refractivity contribution >= 4 is 40.1 Å². The van der Waals surface area contributed by atoms with Crippen molar-refractivity contribution in [1.29, 1.82) is 0 Å². The van der Waals surface area contributed by atoms with E-state index < -0.39 is 11.9 Å². The number of rotatable bonds is 7. The van der Waals surface area contributed by atoms with Crippen LogP contribution in [-0.4, -0.2) is 23.5 Å². The molecule has 3 aromatic rings. The van der Waals surface area contributed by atoms with Crippen LogP contribution in [0.15, 0.2) is 57.4 Å². The maximum Gasteiger partial charge on any atom is 0.357 e. The maximum absolute atomic E-state index is 12.4. The molecule has 2 heterocycles. The topological polar surface area (TPSA) is 81.4 Å². The SMILES string of the molecule is CCOC(=O)c1csc(NC(=O)c2occc2CSc2ccccc2)n1. The van der Waals surface area contributed by atoms with Crippen molar-refractivity contribution in [3.8, 4) is 0 Å². The molecule has 0 aliphatic carbocycles. The molecule has 0 saturated carbocycles. The van der Waals surface area contributed by atoms with Gasteiger partial charge in [0.2, 0.25) is 0 Å². The first-order chi connectivity index (χ1) is 12.7. The standard InChI is InChI=1S/C18H16N2O4S2/c1-2-23-17(22)14-11-26-18(19-14)20-16(21)15-12(8-9-24-15)10-25-13-6-4-3-5-7-13/h3-9,11H,2,10H2,1H3,(H,19,20,21). The van der Waals surface area contributed by atoms with Crippen LogP contribution < -0.4 is 5.32 Å². The number of hydrogen-bond donors (Lipinski definition) is 1. The van der Waals surface area contributed by atoms with E-state index in [2.05, 4.69) is 10.3 Å². The van der Waals surface area contributed by atoms with E-state index in [9.17, 15) is 9.59 Å². The Bertz CT molecular complexity index is 890. The average Bonchev–Trinajstić information content (AvgIpc) is 3.30. The molecule has 0 bridgehead atoms. The molecule has 0 fully saturated rings. The van der Waals surface area contributed by atoms with Gasteiger partial charge < -0.3 is 9.15 Å². The monoisotopic (exact) mass is 388 g/mol. The first kappa shape index (κ1) is 18.2. The third kappa shape index (κ3) is 4.53.